The van der Waals surface area contributed by atoms with Gasteiger partial charge in [0, 0.05) is 30.9 Å². The van der Waals surface area contributed by atoms with E-state index in [0.29, 0.717) is 23.1 Å². The van der Waals surface area contributed by atoms with E-state index < -0.39 is 0 Å². The number of hydrogen-bond donors (Lipinski definition) is 1. The summed E-state index contributed by atoms with van der Waals surface area (Å²) < 4.78 is 7.26. The molecule has 0 spiro atoms. The molecule has 0 radical (unpaired) electrons. The van der Waals surface area contributed by atoms with Gasteiger partial charge in [-0.3, -0.25) is 9.36 Å². The van der Waals surface area contributed by atoms with Crippen LogP contribution in [-0.4, -0.2) is 46.6 Å². The van der Waals surface area contributed by atoms with Crippen molar-refractivity contribution in [1.29, 1.82) is 0 Å². The Bertz CT molecular complexity index is 1040. The highest BCUT2D eigenvalue weighted by Gasteiger charge is 2.16. The molecule has 1 amide bonds. The summed E-state index contributed by atoms with van der Waals surface area (Å²) in [5, 5.41) is 12.3. The lowest BCUT2D eigenvalue weighted by Crippen LogP contribution is -2.21. The van der Waals surface area contributed by atoms with E-state index in [9.17, 15) is 4.79 Å². The highest BCUT2D eigenvalue weighted by Crippen LogP contribution is 2.27. The summed E-state index contributed by atoms with van der Waals surface area (Å²) in [7, 11) is 1.58. The van der Waals surface area contributed by atoms with Crippen LogP contribution in [0.15, 0.2) is 66.3 Å². The number of benzene rings is 2. The van der Waals surface area contributed by atoms with Crippen LogP contribution in [0, 0.1) is 0 Å². The Balaban J connectivity index is 1.73. The number of para-hydroxylation sites is 2. The maximum Gasteiger partial charge on any atom is 0.234 e. The van der Waals surface area contributed by atoms with Crippen LogP contribution in [0.1, 0.15) is 13.8 Å². The van der Waals surface area contributed by atoms with Crippen molar-refractivity contribution in [3.8, 4) is 17.1 Å². The second-order valence-corrected chi connectivity index (χ2v) is 7.90. The van der Waals surface area contributed by atoms with Crippen LogP contribution in [0.3, 0.4) is 0 Å². The molecule has 3 aromatic rings. The minimum atomic E-state index is -0.141. The Labute approximate surface area is 193 Å². The van der Waals surface area contributed by atoms with Gasteiger partial charge in [0.1, 0.15) is 5.75 Å². The molecule has 0 aliphatic carbocycles. The summed E-state index contributed by atoms with van der Waals surface area (Å²) in [6.45, 7) is 10.6. The number of aromatic nitrogens is 3. The van der Waals surface area contributed by atoms with Crippen LogP contribution in [0.5, 0.6) is 5.75 Å². The number of ether oxygens (including phenoxy) is 1. The molecule has 2 aromatic carbocycles. The van der Waals surface area contributed by atoms with E-state index in [2.05, 4.69) is 65.1 Å². The van der Waals surface area contributed by atoms with Crippen LogP contribution in [0.4, 0.5) is 11.4 Å². The van der Waals surface area contributed by atoms with E-state index in [4.69, 9.17) is 4.74 Å². The van der Waals surface area contributed by atoms with Gasteiger partial charge < -0.3 is 15.0 Å². The van der Waals surface area contributed by atoms with Crippen molar-refractivity contribution in [3.63, 3.8) is 0 Å². The smallest absolute Gasteiger partial charge is 0.234 e. The predicted octanol–water partition coefficient (Wildman–Crippen LogP) is 4.72. The van der Waals surface area contributed by atoms with Crippen molar-refractivity contribution >= 4 is 29.0 Å². The largest absolute Gasteiger partial charge is 0.495 e. The topological polar surface area (TPSA) is 72.3 Å². The standard InChI is InChI=1S/C24H29N5O2S/c1-5-16-29-23(18-12-14-19(15-13-18)28(6-2)7-3)26-27-24(29)32-17-22(30)25-20-10-8-9-11-21(20)31-4/h5,8-15H,1,6-7,16-17H2,2-4H3,(H,25,30). The number of anilines is 2. The molecule has 0 saturated heterocycles. The first kappa shape index (κ1) is 23.4. The lowest BCUT2D eigenvalue weighted by Gasteiger charge is -2.21. The van der Waals surface area contributed by atoms with Crippen molar-refractivity contribution in [3.05, 3.63) is 61.2 Å². The minimum absolute atomic E-state index is 0.141. The second-order valence-electron chi connectivity index (χ2n) is 6.96. The molecule has 1 N–H and O–H groups in total. The van der Waals surface area contributed by atoms with Gasteiger partial charge in [-0.15, -0.1) is 16.8 Å². The van der Waals surface area contributed by atoms with Crippen molar-refractivity contribution < 1.29 is 9.53 Å². The Hall–Kier alpha value is -3.26. The summed E-state index contributed by atoms with van der Waals surface area (Å²) >= 11 is 1.34. The third-order valence-electron chi connectivity index (χ3n) is 5.00. The summed E-state index contributed by atoms with van der Waals surface area (Å²) in [6.07, 6.45) is 1.80. The molecule has 3 rings (SSSR count). The number of amides is 1. The number of rotatable bonds is 11. The third kappa shape index (κ3) is 5.50. The van der Waals surface area contributed by atoms with Gasteiger partial charge in [0.15, 0.2) is 11.0 Å². The van der Waals surface area contributed by atoms with Gasteiger partial charge in [0.2, 0.25) is 5.91 Å². The fourth-order valence-electron chi connectivity index (χ4n) is 3.38. The van der Waals surface area contributed by atoms with E-state index >= 15 is 0 Å². The average molecular weight is 452 g/mol. The van der Waals surface area contributed by atoms with Crippen LogP contribution < -0.4 is 15.0 Å². The summed E-state index contributed by atoms with van der Waals surface area (Å²) in [6, 6.07) is 15.6. The summed E-state index contributed by atoms with van der Waals surface area (Å²) in [4.78, 5) is 14.8. The zero-order valence-electron chi connectivity index (χ0n) is 18.7. The first-order valence-electron chi connectivity index (χ1n) is 10.6. The van der Waals surface area contributed by atoms with E-state index in [1.54, 1.807) is 19.3 Å². The van der Waals surface area contributed by atoms with Crippen LogP contribution in [-0.2, 0) is 11.3 Å². The molecule has 1 aromatic heterocycles. The third-order valence-corrected chi connectivity index (χ3v) is 5.96. The zero-order chi connectivity index (χ0) is 22.9. The monoisotopic (exact) mass is 451 g/mol. The minimum Gasteiger partial charge on any atom is -0.495 e. The predicted molar refractivity (Wildman–Crippen MR) is 132 cm³/mol. The van der Waals surface area contributed by atoms with Crippen LogP contribution >= 0.6 is 11.8 Å². The molecule has 8 heteroatoms. The maximum atomic E-state index is 12.5. The van der Waals surface area contributed by atoms with E-state index in [-0.39, 0.29) is 11.7 Å². The quantitative estimate of drug-likeness (QED) is 0.336. The normalized spacial score (nSPS) is 10.6. The van der Waals surface area contributed by atoms with E-state index in [0.717, 1.165) is 24.5 Å². The molecule has 1 heterocycles. The highest BCUT2D eigenvalue weighted by atomic mass is 32.2. The highest BCUT2D eigenvalue weighted by molar-refractivity contribution is 7.99. The summed E-state index contributed by atoms with van der Waals surface area (Å²) in [5.74, 6) is 1.44. The van der Waals surface area contributed by atoms with Crippen LogP contribution in [0.2, 0.25) is 0 Å². The lowest BCUT2D eigenvalue weighted by atomic mass is 10.2. The first-order valence-corrected chi connectivity index (χ1v) is 11.5. The first-order chi connectivity index (χ1) is 15.6. The fraction of sp³-hybridized carbons (Fsp3) is 0.292. The Morgan fingerprint density at radius 2 is 1.88 bits per heavy atom. The van der Waals surface area contributed by atoms with Crippen molar-refractivity contribution in [2.75, 3.05) is 36.2 Å². The molecule has 0 aliphatic heterocycles. The molecule has 0 fully saturated rings. The number of allylic oxidation sites excluding steroid dienone is 1. The molecule has 168 valence electrons. The molecule has 7 nitrogen and oxygen atoms in total. The van der Waals surface area contributed by atoms with E-state index in [1.807, 2.05) is 22.8 Å². The van der Waals surface area contributed by atoms with Gasteiger partial charge in [-0.05, 0) is 50.2 Å². The van der Waals surface area contributed by atoms with Gasteiger partial charge in [-0.2, -0.15) is 0 Å². The van der Waals surface area contributed by atoms with Crippen molar-refractivity contribution in [1.82, 2.24) is 14.8 Å². The van der Waals surface area contributed by atoms with Crippen molar-refractivity contribution in [2.45, 2.75) is 25.5 Å². The number of thioether (sulfide) groups is 1. The van der Waals surface area contributed by atoms with Crippen LogP contribution in [0.25, 0.3) is 11.4 Å². The Morgan fingerprint density at radius 1 is 1.16 bits per heavy atom. The second kappa shape index (κ2) is 11.4. The van der Waals surface area contributed by atoms with Gasteiger partial charge >= 0.3 is 0 Å². The molecular weight excluding hydrogens is 422 g/mol. The molecule has 0 atom stereocenters. The molecule has 0 bridgehead atoms. The zero-order valence-corrected chi connectivity index (χ0v) is 19.6. The number of methoxy groups -OCH3 is 1. The average Bonchev–Trinajstić information content (AvgIpc) is 3.22. The fourth-order valence-corrected chi connectivity index (χ4v) is 4.12. The molecule has 0 aliphatic rings. The van der Waals surface area contributed by atoms with E-state index in [1.165, 1.54) is 17.4 Å². The number of carbonyl (C=O) groups excluding carboxylic acids is 1. The maximum absolute atomic E-state index is 12.5. The number of nitrogens with one attached hydrogen (secondary N) is 1. The molecule has 0 unspecified atom stereocenters. The van der Waals surface area contributed by atoms with Gasteiger partial charge in [0.25, 0.3) is 0 Å². The molecular formula is C24H29N5O2S. The number of carbonyl (C=O) groups is 1. The van der Waals surface area contributed by atoms with Gasteiger partial charge in [-0.25, -0.2) is 0 Å². The number of hydrogen-bond acceptors (Lipinski definition) is 6. The SMILES string of the molecule is C=CCn1c(SCC(=O)Nc2ccccc2OC)nnc1-c1ccc(N(CC)CC)cc1. The van der Waals surface area contributed by atoms with Gasteiger partial charge in [0.05, 0.1) is 18.6 Å². The molecule has 32 heavy (non-hydrogen) atoms. The van der Waals surface area contributed by atoms with Crippen molar-refractivity contribution in [2.24, 2.45) is 0 Å². The summed E-state index contributed by atoms with van der Waals surface area (Å²) in [5.41, 5.74) is 2.79. The lowest BCUT2D eigenvalue weighted by molar-refractivity contribution is -0.113. The Morgan fingerprint density at radius 3 is 2.53 bits per heavy atom. The number of nitrogens with zero attached hydrogens (tertiary/aromatic N) is 4. The molecule has 0 saturated carbocycles. The van der Waals surface area contributed by atoms with Gasteiger partial charge in [-0.1, -0.05) is 30.0 Å². The Kier molecular flexibility index (Phi) is 8.33.